The summed E-state index contributed by atoms with van der Waals surface area (Å²) in [6.07, 6.45) is 9.50. The third-order valence-corrected chi connectivity index (χ3v) is 2.72. The Morgan fingerprint density at radius 3 is 2.67 bits per heavy atom. The van der Waals surface area contributed by atoms with Gasteiger partial charge in [0.2, 0.25) is 0 Å². The van der Waals surface area contributed by atoms with Crippen molar-refractivity contribution in [2.45, 2.75) is 6.92 Å². The van der Waals surface area contributed by atoms with Crippen LogP contribution in [0.4, 0.5) is 5.69 Å². The fraction of sp³-hybridized carbons (Fsp3) is 0.176. The van der Waals surface area contributed by atoms with Gasteiger partial charge in [-0.25, -0.2) is 4.79 Å². The number of carbonyl (C=O) groups excluding carboxylic acids is 1. The molecule has 0 fully saturated rings. The van der Waals surface area contributed by atoms with Gasteiger partial charge in [0.25, 0.3) is 0 Å². The van der Waals surface area contributed by atoms with Crippen molar-refractivity contribution < 1.29 is 9.53 Å². The van der Waals surface area contributed by atoms with Crippen molar-refractivity contribution >= 4 is 17.7 Å². The smallest absolute Gasteiger partial charge is 0.357 e. The molecule has 1 aromatic carbocycles. The highest BCUT2D eigenvalue weighted by Gasteiger charge is 2.11. The van der Waals surface area contributed by atoms with E-state index in [1.807, 2.05) is 54.6 Å². The van der Waals surface area contributed by atoms with E-state index in [1.54, 1.807) is 13.0 Å². The minimum Gasteiger partial charge on any atom is -0.461 e. The Kier molecular flexibility index (Phi) is 5.44. The van der Waals surface area contributed by atoms with Crippen molar-refractivity contribution in [3.63, 3.8) is 0 Å². The fourth-order valence-corrected chi connectivity index (χ4v) is 1.74. The second kappa shape index (κ2) is 7.78. The maximum absolute atomic E-state index is 11.9. The van der Waals surface area contributed by atoms with Gasteiger partial charge in [-0.2, -0.15) is 9.98 Å². The Hall–Kier alpha value is -2.71. The molecule has 0 heterocycles. The standard InChI is InChI=1S/C17H16N2O2/c1-2-21-17(20)16(12-14-8-6-7-9-14)19-13-18-15-10-4-3-5-11-15/h3-12,14H,2H2,1H3/b16-12-. The van der Waals surface area contributed by atoms with Crippen LogP contribution in [-0.4, -0.2) is 18.6 Å². The molecule has 21 heavy (non-hydrogen) atoms. The second-order valence-corrected chi connectivity index (χ2v) is 4.28. The third kappa shape index (κ3) is 4.71. The van der Waals surface area contributed by atoms with Gasteiger partial charge in [-0.1, -0.05) is 42.5 Å². The first kappa shape index (κ1) is 14.7. The number of para-hydroxylation sites is 1. The summed E-state index contributed by atoms with van der Waals surface area (Å²) in [6.45, 7) is 2.06. The minimum absolute atomic E-state index is 0.0479. The van der Waals surface area contributed by atoms with E-state index in [-0.39, 0.29) is 11.6 Å². The number of carbonyl (C=O) groups is 1. The molecule has 4 heteroatoms. The summed E-state index contributed by atoms with van der Waals surface area (Å²) < 4.78 is 4.99. The highest BCUT2D eigenvalue weighted by molar-refractivity contribution is 5.89. The van der Waals surface area contributed by atoms with Gasteiger partial charge >= 0.3 is 5.97 Å². The molecule has 2 rings (SSSR count). The SMILES string of the molecule is CCOC(=O)/C(=C/C1C=CC=C1)N=C=Nc1ccccc1. The lowest BCUT2D eigenvalue weighted by molar-refractivity contribution is -0.138. The molecule has 106 valence electrons. The number of ether oxygens (including phenoxy) is 1. The van der Waals surface area contributed by atoms with Crippen molar-refractivity contribution in [2.24, 2.45) is 15.9 Å². The highest BCUT2D eigenvalue weighted by atomic mass is 16.5. The summed E-state index contributed by atoms with van der Waals surface area (Å²) in [5.74, 6) is -0.423. The molecule has 1 aromatic rings. The molecule has 0 radical (unpaired) electrons. The van der Waals surface area contributed by atoms with Crippen LogP contribution in [0.1, 0.15) is 6.92 Å². The van der Waals surface area contributed by atoms with Crippen LogP contribution in [0, 0.1) is 5.92 Å². The molecule has 1 aliphatic carbocycles. The van der Waals surface area contributed by atoms with Crippen molar-refractivity contribution in [3.05, 3.63) is 66.4 Å². The number of hydrogen-bond acceptors (Lipinski definition) is 4. The van der Waals surface area contributed by atoms with Crippen LogP contribution in [0.2, 0.25) is 0 Å². The molecule has 0 aromatic heterocycles. The topological polar surface area (TPSA) is 51.0 Å². The van der Waals surface area contributed by atoms with Crippen LogP contribution in [-0.2, 0) is 9.53 Å². The van der Waals surface area contributed by atoms with Gasteiger partial charge in [-0.05, 0) is 25.1 Å². The summed E-state index contributed by atoms with van der Waals surface area (Å²) >= 11 is 0. The molecule has 0 N–H and O–H groups in total. The first-order valence-electron chi connectivity index (χ1n) is 6.75. The zero-order valence-corrected chi connectivity index (χ0v) is 11.8. The van der Waals surface area contributed by atoms with Crippen LogP contribution in [0.25, 0.3) is 0 Å². The minimum atomic E-state index is -0.470. The first-order chi connectivity index (χ1) is 10.3. The van der Waals surface area contributed by atoms with Crippen molar-refractivity contribution in [2.75, 3.05) is 6.61 Å². The largest absolute Gasteiger partial charge is 0.461 e. The van der Waals surface area contributed by atoms with E-state index in [1.165, 1.54) is 0 Å². The van der Waals surface area contributed by atoms with Crippen LogP contribution >= 0.6 is 0 Å². The van der Waals surface area contributed by atoms with E-state index in [2.05, 4.69) is 16.0 Å². The van der Waals surface area contributed by atoms with Gasteiger partial charge in [0.15, 0.2) is 5.70 Å². The number of hydrogen-bond donors (Lipinski definition) is 0. The first-order valence-corrected chi connectivity index (χ1v) is 6.75. The Labute approximate surface area is 123 Å². The fourth-order valence-electron chi connectivity index (χ4n) is 1.74. The number of aliphatic imine (C=N–C) groups is 2. The second-order valence-electron chi connectivity index (χ2n) is 4.28. The quantitative estimate of drug-likeness (QED) is 0.469. The highest BCUT2D eigenvalue weighted by Crippen LogP contribution is 2.14. The van der Waals surface area contributed by atoms with E-state index < -0.39 is 5.97 Å². The maximum Gasteiger partial charge on any atom is 0.357 e. The average molecular weight is 280 g/mol. The third-order valence-electron chi connectivity index (χ3n) is 2.72. The summed E-state index contributed by atoms with van der Waals surface area (Å²) in [6, 6.07) is 11.9. The summed E-state index contributed by atoms with van der Waals surface area (Å²) in [5.41, 5.74) is 0.933. The number of allylic oxidation sites excluding steroid dienone is 5. The van der Waals surface area contributed by atoms with Crippen LogP contribution in [0.15, 0.2) is 76.4 Å². The molecule has 0 amide bonds. The van der Waals surface area contributed by atoms with Crippen molar-refractivity contribution in [1.82, 2.24) is 0 Å². The molecule has 1 aliphatic rings. The molecular formula is C17H16N2O2. The zero-order valence-electron chi connectivity index (χ0n) is 11.8. The van der Waals surface area contributed by atoms with Crippen LogP contribution in [0.5, 0.6) is 0 Å². The Balaban J connectivity index is 2.19. The molecule has 0 bridgehead atoms. The molecule has 0 spiro atoms. The lowest BCUT2D eigenvalue weighted by Crippen LogP contribution is -2.07. The molecule has 4 nitrogen and oxygen atoms in total. The molecule has 0 unspecified atom stereocenters. The Morgan fingerprint density at radius 2 is 2.00 bits per heavy atom. The number of esters is 1. The van der Waals surface area contributed by atoms with Crippen LogP contribution < -0.4 is 0 Å². The van der Waals surface area contributed by atoms with E-state index in [0.717, 1.165) is 5.69 Å². The van der Waals surface area contributed by atoms with Crippen molar-refractivity contribution in [3.8, 4) is 0 Å². The lowest BCUT2D eigenvalue weighted by Gasteiger charge is -2.02. The van der Waals surface area contributed by atoms with Crippen molar-refractivity contribution in [1.29, 1.82) is 0 Å². The van der Waals surface area contributed by atoms with E-state index in [9.17, 15) is 4.79 Å². The number of nitrogens with zero attached hydrogens (tertiary/aromatic N) is 2. The summed E-state index contributed by atoms with van der Waals surface area (Å²) in [7, 11) is 0. The summed E-state index contributed by atoms with van der Waals surface area (Å²) in [5, 5.41) is 0. The predicted molar refractivity (Wildman–Crippen MR) is 82.5 cm³/mol. The van der Waals surface area contributed by atoms with E-state index in [4.69, 9.17) is 4.74 Å². The monoisotopic (exact) mass is 280 g/mol. The average Bonchev–Trinajstić information content (AvgIpc) is 3.00. The lowest BCUT2D eigenvalue weighted by atomic mass is 10.1. The maximum atomic E-state index is 11.9. The predicted octanol–water partition coefficient (Wildman–Crippen LogP) is 3.68. The van der Waals surface area contributed by atoms with Crippen LogP contribution in [0.3, 0.4) is 0 Å². The number of rotatable bonds is 5. The zero-order chi connectivity index (χ0) is 14.9. The molecular weight excluding hydrogens is 264 g/mol. The van der Waals surface area contributed by atoms with Gasteiger partial charge in [-0.15, -0.1) is 0 Å². The Morgan fingerprint density at radius 1 is 1.29 bits per heavy atom. The normalized spacial score (nSPS) is 13.9. The van der Waals surface area contributed by atoms with E-state index in [0.29, 0.717) is 6.61 Å². The van der Waals surface area contributed by atoms with Gasteiger partial charge in [0.1, 0.15) is 6.01 Å². The summed E-state index contributed by atoms with van der Waals surface area (Å²) in [4.78, 5) is 19.9. The molecule has 0 saturated heterocycles. The number of benzene rings is 1. The molecule has 0 atom stereocenters. The molecule has 0 aliphatic heterocycles. The van der Waals surface area contributed by atoms with Gasteiger partial charge in [0.05, 0.1) is 12.3 Å². The van der Waals surface area contributed by atoms with Gasteiger partial charge < -0.3 is 4.74 Å². The molecule has 0 saturated carbocycles. The Bertz CT molecular complexity index is 624. The van der Waals surface area contributed by atoms with Gasteiger partial charge in [-0.3, -0.25) is 0 Å². The van der Waals surface area contributed by atoms with Gasteiger partial charge in [0, 0.05) is 5.92 Å². The van der Waals surface area contributed by atoms with E-state index >= 15 is 0 Å².